The number of nitrogens with zero attached hydrogens (tertiary/aromatic N) is 3. The summed E-state index contributed by atoms with van der Waals surface area (Å²) in [6.45, 7) is 4.68. The Morgan fingerprint density at radius 2 is 1.81 bits per heavy atom. The Morgan fingerprint density at radius 1 is 1.00 bits per heavy atom. The molecule has 0 bridgehead atoms. The lowest BCUT2D eigenvalue weighted by molar-refractivity contribution is 0.102. The van der Waals surface area contributed by atoms with Crippen molar-refractivity contribution in [2.45, 2.75) is 20.4 Å². The Balaban J connectivity index is 1.58. The van der Waals surface area contributed by atoms with E-state index in [2.05, 4.69) is 27.8 Å². The second kappa shape index (κ2) is 7.03. The largest absolute Gasteiger partial charge is 0.322 e. The molecule has 5 heteroatoms. The van der Waals surface area contributed by atoms with E-state index < -0.39 is 0 Å². The summed E-state index contributed by atoms with van der Waals surface area (Å²) >= 11 is 0. The van der Waals surface area contributed by atoms with Gasteiger partial charge in [-0.2, -0.15) is 0 Å². The summed E-state index contributed by atoms with van der Waals surface area (Å²) in [6.07, 6.45) is 0. The number of fused-ring (bicyclic) bond motifs is 1. The molecular formula is C22H20N4O. The van der Waals surface area contributed by atoms with Crippen molar-refractivity contribution < 1.29 is 4.79 Å². The van der Waals surface area contributed by atoms with Crippen LogP contribution in [-0.2, 0) is 6.54 Å². The van der Waals surface area contributed by atoms with Gasteiger partial charge < -0.3 is 5.32 Å². The molecule has 1 aromatic heterocycles. The van der Waals surface area contributed by atoms with Gasteiger partial charge >= 0.3 is 0 Å². The number of amides is 1. The average molecular weight is 356 g/mol. The van der Waals surface area contributed by atoms with Crippen LogP contribution in [0.2, 0.25) is 0 Å². The molecule has 0 spiro atoms. The third-order valence-electron chi connectivity index (χ3n) is 4.80. The third-order valence-corrected chi connectivity index (χ3v) is 4.80. The van der Waals surface area contributed by atoms with E-state index in [1.54, 1.807) is 6.07 Å². The number of benzene rings is 3. The SMILES string of the molecule is Cc1cccc(NC(=O)c2ccc3c(c2)nnn3Cc2ccccc2)c1C. The normalized spacial score (nSPS) is 10.9. The van der Waals surface area contributed by atoms with Crippen LogP contribution >= 0.6 is 0 Å². The van der Waals surface area contributed by atoms with Crippen LogP contribution in [-0.4, -0.2) is 20.9 Å². The number of nitrogens with one attached hydrogen (secondary N) is 1. The summed E-state index contributed by atoms with van der Waals surface area (Å²) in [5, 5.41) is 11.4. The lowest BCUT2D eigenvalue weighted by Gasteiger charge is -2.10. The van der Waals surface area contributed by atoms with Crippen molar-refractivity contribution in [1.82, 2.24) is 15.0 Å². The molecule has 0 saturated heterocycles. The summed E-state index contributed by atoms with van der Waals surface area (Å²) in [7, 11) is 0. The van der Waals surface area contributed by atoms with Gasteiger partial charge in [-0.1, -0.05) is 47.7 Å². The van der Waals surface area contributed by atoms with Crippen molar-refractivity contribution in [3.05, 3.63) is 89.0 Å². The van der Waals surface area contributed by atoms with E-state index in [9.17, 15) is 4.79 Å². The van der Waals surface area contributed by atoms with E-state index in [1.165, 1.54) is 0 Å². The van der Waals surface area contributed by atoms with Crippen molar-refractivity contribution >= 4 is 22.6 Å². The molecule has 0 unspecified atom stereocenters. The van der Waals surface area contributed by atoms with Gasteiger partial charge in [0.2, 0.25) is 0 Å². The Labute approximate surface area is 157 Å². The number of hydrogen-bond donors (Lipinski definition) is 1. The van der Waals surface area contributed by atoms with Gasteiger partial charge in [0, 0.05) is 11.3 Å². The Kier molecular flexibility index (Phi) is 4.42. The van der Waals surface area contributed by atoms with Crippen LogP contribution in [0.5, 0.6) is 0 Å². The molecule has 0 aliphatic heterocycles. The maximum atomic E-state index is 12.7. The summed E-state index contributed by atoms with van der Waals surface area (Å²) in [5.74, 6) is -0.150. The second-order valence-electron chi connectivity index (χ2n) is 6.64. The first-order valence-corrected chi connectivity index (χ1v) is 8.86. The minimum Gasteiger partial charge on any atom is -0.322 e. The smallest absolute Gasteiger partial charge is 0.255 e. The van der Waals surface area contributed by atoms with Gasteiger partial charge in [-0.15, -0.1) is 5.10 Å². The average Bonchev–Trinajstić information content (AvgIpc) is 3.08. The second-order valence-corrected chi connectivity index (χ2v) is 6.64. The minimum absolute atomic E-state index is 0.150. The molecule has 4 aromatic rings. The minimum atomic E-state index is -0.150. The number of rotatable bonds is 4. The number of carbonyl (C=O) groups excluding carboxylic acids is 1. The van der Waals surface area contributed by atoms with Gasteiger partial charge in [0.1, 0.15) is 5.52 Å². The van der Waals surface area contributed by atoms with Gasteiger partial charge in [0.25, 0.3) is 5.91 Å². The fourth-order valence-electron chi connectivity index (χ4n) is 3.07. The molecule has 3 aromatic carbocycles. The van der Waals surface area contributed by atoms with Gasteiger partial charge in [-0.25, -0.2) is 4.68 Å². The molecule has 1 amide bonds. The fourth-order valence-corrected chi connectivity index (χ4v) is 3.07. The van der Waals surface area contributed by atoms with Crippen LogP contribution in [0, 0.1) is 13.8 Å². The molecule has 0 radical (unpaired) electrons. The van der Waals surface area contributed by atoms with Crippen LogP contribution < -0.4 is 5.32 Å². The van der Waals surface area contributed by atoms with E-state index in [4.69, 9.17) is 0 Å². The summed E-state index contributed by atoms with van der Waals surface area (Å²) in [5.41, 5.74) is 6.37. The Bertz CT molecular complexity index is 1120. The monoisotopic (exact) mass is 356 g/mol. The molecule has 1 heterocycles. The van der Waals surface area contributed by atoms with Crippen LogP contribution in [0.3, 0.4) is 0 Å². The lowest BCUT2D eigenvalue weighted by atomic mass is 10.1. The van der Waals surface area contributed by atoms with Crippen molar-refractivity contribution in [3.63, 3.8) is 0 Å². The van der Waals surface area contributed by atoms with Crippen molar-refractivity contribution in [3.8, 4) is 0 Å². The topological polar surface area (TPSA) is 59.8 Å². The van der Waals surface area contributed by atoms with Gasteiger partial charge in [-0.3, -0.25) is 4.79 Å². The quantitative estimate of drug-likeness (QED) is 0.591. The molecule has 134 valence electrons. The predicted molar refractivity (Wildman–Crippen MR) is 107 cm³/mol. The molecule has 0 aliphatic rings. The Hall–Kier alpha value is -3.47. The fraction of sp³-hybridized carbons (Fsp3) is 0.136. The highest BCUT2D eigenvalue weighted by molar-refractivity contribution is 6.06. The predicted octanol–water partition coefficient (Wildman–Crippen LogP) is 4.35. The van der Waals surface area contributed by atoms with Crippen LogP contribution in [0.1, 0.15) is 27.0 Å². The first kappa shape index (κ1) is 17.0. The summed E-state index contributed by atoms with van der Waals surface area (Å²) in [4.78, 5) is 12.7. The zero-order valence-corrected chi connectivity index (χ0v) is 15.3. The van der Waals surface area contributed by atoms with E-state index in [-0.39, 0.29) is 5.91 Å². The number of aryl methyl sites for hydroxylation is 1. The molecule has 0 saturated carbocycles. The van der Waals surface area contributed by atoms with E-state index in [0.717, 1.165) is 27.9 Å². The maximum absolute atomic E-state index is 12.7. The molecular weight excluding hydrogens is 336 g/mol. The van der Waals surface area contributed by atoms with E-state index in [1.807, 2.05) is 67.1 Å². The van der Waals surface area contributed by atoms with Gasteiger partial charge in [0.05, 0.1) is 12.1 Å². The van der Waals surface area contributed by atoms with Crippen molar-refractivity contribution in [2.75, 3.05) is 5.32 Å². The highest BCUT2D eigenvalue weighted by Gasteiger charge is 2.12. The zero-order chi connectivity index (χ0) is 18.8. The first-order chi connectivity index (χ1) is 13.1. The zero-order valence-electron chi connectivity index (χ0n) is 15.3. The first-order valence-electron chi connectivity index (χ1n) is 8.86. The molecule has 1 N–H and O–H groups in total. The molecule has 4 rings (SSSR count). The van der Waals surface area contributed by atoms with Gasteiger partial charge in [0.15, 0.2) is 0 Å². The molecule has 27 heavy (non-hydrogen) atoms. The van der Waals surface area contributed by atoms with Crippen LogP contribution in [0.4, 0.5) is 5.69 Å². The molecule has 5 nitrogen and oxygen atoms in total. The van der Waals surface area contributed by atoms with Crippen molar-refractivity contribution in [1.29, 1.82) is 0 Å². The third kappa shape index (κ3) is 3.44. The number of hydrogen-bond acceptors (Lipinski definition) is 3. The summed E-state index contributed by atoms with van der Waals surface area (Å²) in [6, 6.07) is 21.5. The summed E-state index contributed by atoms with van der Waals surface area (Å²) < 4.78 is 1.84. The highest BCUT2D eigenvalue weighted by Crippen LogP contribution is 2.20. The maximum Gasteiger partial charge on any atom is 0.255 e. The van der Waals surface area contributed by atoms with E-state index >= 15 is 0 Å². The Morgan fingerprint density at radius 3 is 2.63 bits per heavy atom. The van der Waals surface area contributed by atoms with E-state index in [0.29, 0.717) is 17.6 Å². The van der Waals surface area contributed by atoms with Gasteiger partial charge in [-0.05, 0) is 54.8 Å². The van der Waals surface area contributed by atoms with Crippen molar-refractivity contribution in [2.24, 2.45) is 0 Å². The highest BCUT2D eigenvalue weighted by atomic mass is 16.1. The standard InChI is InChI=1S/C22H20N4O/c1-15-7-6-10-19(16(15)2)23-22(27)18-11-12-21-20(13-18)24-25-26(21)14-17-8-4-3-5-9-17/h3-13H,14H2,1-2H3,(H,23,27). The number of aromatic nitrogens is 3. The molecule has 0 fully saturated rings. The lowest BCUT2D eigenvalue weighted by Crippen LogP contribution is -2.13. The van der Waals surface area contributed by atoms with Crippen LogP contribution in [0.25, 0.3) is 11.0 Å². The number of carbonyl (C=O) groups is 1. The van der Waals surface area contributed by atoms with Crippen LogP contribution in [0.15, 0.2) is 66.7 Å². The molecule has 0 atom stereocenters. The number of anilines is 1. The molecule has 0 aliphatic carbocycles.